The molecule has 0 atom stereocenters. The van der Waals surface area contributed by atoms with Crippen LogP contribution in [-0.2, 0) is 17.6 Å². The number of rotatable bonds is 7. The van der Waals surface area contributed by atoms with Crippen LogP contribution in [0.3, 0.4) is 0 Å². The average molecular weight is 391 g/mol. The van der Waals surface area contributed by atoms with Gasteiger partial charge in [0.25, 0.3) is 0 Å². The largest absolute Gasteiger partial charge is 0.492 e. The molecule has 28 heavy (non-hydrogen) atoms. The predicted molar refractivity (Wildman–Crippen MR) is 112 cm³/mol. The summed E-state index contributed by atoms with van der Waals surface area (Å²) in [7, 11) is 0. The summed E-state index contributed by atoms with van der Waals surface area (Å²) in [6, 6.07) is 15.4. The van der Waals surface area contributed by atoms with Crippen LogP contribution >= 0.6 is 11.3 Å². The van der Waals surface area contributed by atoms with Crippen molar-refractivity contribution in [1.82, 2.24) is 4.98 Å². The van der Waals surface area contributed by atoms with Gasteiger partial charge >= 0.3 is 0 Å². The predicted octanol–water partition coefficient (Wildman–Crippen LogP) is 4.82. The van der Waals surface area contributed by atoms with Crippen molar-refractivity contribution in [3.8, 4) is 22.4 Å². The molecule has 1 heterocycles. The molecular weight excluding hydrogens is 370 g/mol. The first-order valence-electron chi connectivity index (χ1n) is 9.13. The maximum atomic E-state index is 12.5. The highest BCUT2D eigenvalue weighted by atomic mass is 32.1. The summed E-state index contributed by atoms with van der Waals surface area (Å²) in [4.78, 5) is 17.1. The van der Waals surface area contributed by atoms with Gasteiger partial charge in [0, 0.05) is 10.9 Å². The van der Waals surface area contributed by atoms with Gasteiger partial charge in [0.15, 0.2) is 0 Å². The number of benzene rings is 2. The summed E-state index contributed by atoms with van der Waals surface area (Å²) in [6.07, 6.45) is 1.16. The fraction of sp³-hybridized carbons (Fsp3) is 0.227. The number of nitriles is 1. The quantitative estimate of drug-likeness (QED) is 0.626. The standard InChI is InChI=1S/C22H21N3O2S/c1-3-15-5-8-17(9-6-15)22-24-18(14-28-22)12-21(26)25-19-11-16(13-23)7-10-20(19)27-4-2/h5-11,14H,3-4,12H2,1-2H3,(H,25,26). The Balaban J connectivity index is 1.70. The van der Waals surface area contributed by atoms with E-state index in [0.29, 0.717) is 29.3 Å². The highest BCUT2D eigenvalue weighted by Crippen LogP contribution is 2.27. The molecule has 1 N–H and O–H groups in total. The van der Waals surface area contributed by atoms with Crippen LogP contribution < -0.4 is 10.1 Å². The van der Waals surface area contributed by atoms with E-state index in [4.69, 9.17) is 10.00 Å². The minimum Gasteiger partial charge on any atom is -0.492 e. The summed E-state index contributed by atoms with van der Waals surface area (Å²) in [5, 5.41) is 14.7. The molecule has 5 nitrogen and oxygen atoms in total. The van der Waals surface area contributed by atoms with E-state index in [1.807, 2.05) is 12.3 Å². The minimum atomic E-state index is -0.200. The van der Waals surface area contributed by atoms with Crippen molar-refractivity contribution < 1.29 is 9.53 Å². The number of aryl methyl sites for hydroxylation is 1. The number of hydrogen-bond donors (Lipinski definition) is 1. The van der Waals surface area contributed by atoms with Gasteiger partial charge in [-0.25, -0.2) is 4.98 Å². The average Bonchev–Trinajstić information content (AvgIpc) is 3.17. The number of hydrogen-bond acceptors (Lipinski definition) is 5. The van der Waals surface area contributed by atoms with Crippen molar-refractivity contribution in [3.63, 3.8) is 0 Å². The number of thiazole rings is 1. The molecule has 142 valence electrons. The second-order valence-corrected chi connectivity index (χ2v) is 7.03. The van der Waals surface area contributed by atoms with Crippen LogP contribution in [0.4, 0.5) is 5.69 Å². The highest BCUT2D eigenvalue weighted by molar-refractivity contribution is 7.13. The van der Waals surface area contributed by atoms with Crippen molar-refractivity contribution in [1.29, 1.82) is 5.26 Å². The Morgan fingerprint density at radius 3 is 2.68 bits per heavy atom. The lowest BCUT2D eigenvalue weighted by molar-refractivity contribution is -0.115. The van der Waals surface area contributed by atoms with Crippen molar-refractivity contribution >= 4 is 22.9 Å². The van der Waals surface area contributed by atoms with E-state index in [1.54, 1.807) is 18.2 Å². The first-order chi connectivity index (χ1) is 13.6. The van der Waals surface area contributed by atoms with E-state index in [-0.39, 0.29) is 12.3 Å². The zero-order chi connectivity index (χ0) is 19.9. The third-order valence-corrected chi connectivity index (χ3v) is 5.13. The molecule has 0 radical (unpaired) electrons. The van der Waals surface area contributed by atoms with Gasteiger partial charge in [0.2, 0.25) is 5.91 Å². The third kappa shape index (κ3) is 4.76. The summed E-state index contributed by atoms with van der Waals surface area (Å²) in [6.45, 7) is 4.47. The highest BCUT2D eigenvalue weighted by Gasteiger charge is 2.12. The lowest BCUT2D eigenvalue weighted by Crippen LogP contribution is -2.15. The van der Waals surface area contributed by atoms with E-state index >= 15 is 0 Å². The smallest absolute Gasteiger partial charge is 0.230 e. The van der Waals surface area contributed by atoms with Gasteiger partial charge in [-0.3, -0.25) is 4.79 Å². The zero-order valence-corrected chi connectivity index (χ0v) is 16.7. The first kappa shape index (κ1) is 19.6. The fourth-order valence-electron chi connectivity index (χ4n) is 2.74. The number of nitrogens with one attached hydrogen (secondary N) is 1. The number of nitrogens with zero attached hydrogens (tertiary/aromatic N) is 2. The van der Waals surface area contributed by atoms with Crippen LogP contribution in [0.1, 0.15) is 30.7 Å². The summed E-state index contributed by atoms with van der Waals surface area (Å²) in [5.74, 6) is 0.346. The van der Waals surface area contributed by atoms with Gasteiger partial charge in [0.1, 0.15) is 10.8 Å². The van der Waals surface area contributed by atoms with Gasteiger partial charge in [-0.2, -0.15) is 5.26 Å². The molecule has 1 aromatic heterocycles. The molecule has 6 heteroatoms. The van der Waals surface area contributed by atoms with E-state index in [0.717, 1.165) is 17.0 Å². The topological polar surface area (TPSA) is 75.0 Å². The van der Waals surface area contributed by atoms with Gasteiger partial charge in [0.05, 0.1) is 36.0 Å². The molecule has 3 rings (SSSR count). The van der Waals surface area contributed by atoms with E-state index in [9.17, 15) is 4.79 Å². The van der Waals surface area contributed by atoms with E-state index < -0.39 is 0 Å². The molecule has 0 unspecified atom stereocenters. The van der Waals surface area contributed by atoms with Gasteiger partial charge in [-0.1, -0.05) is 31.2 Å². The Kier molecular flexibility index (Phi) is 6.41. The molecule has 1 amide bonds. The Bertz CT molecular complexity index is 1000. The van der Waals surface area contributed by atoms with E-state index in [1.165, 1.54) is 16.9 Å². The molecular formula is C22H21N3O2S. The Morgan fingerprint density at radius 1 is 1.21 bits per heavy atom. The Hall–Kier alpha value is -3.17. The molecule has 3 aromatic rings. The molecule has 0 fully saturated rings. The van der Waals surface area contributed by atoms with Gasteiger partial charge in [-0.05, 0) is 37.1 Å². The van der Waals surface area contributed by atoms with Gasteiger partial charge in [-0.15, -0.1) is 11.3 Å². The van der Waals surface area contributed by atoms with Crippen LogP contribution in [0.15, 0.2) is 47.8 Å². The number of carbonyl (C=O) groups is 1. The summed E-state index contributed by atoms with van der Waals surface area (Å²) >= 11 is 1.52. The van der Waals surface area contributed by atoms with Crippen molar-refractivity contribution in [2.75, 3.05) is 11.9 Å². The molecule has 0 aliphatic carbocycles. The molecule has 0 spiro atoms. The normalized spacial score (nSPS) is 10.3. The number of amides is 1. The molecule has 2 aromatic carbocycles. The van der Waals surface area contributed by atoms with Crippen molar-refractivity contribution in [2.24, 2.45) is 0 Å². The summed E-state index contributed by atoms with van der Waals surface area (Å²) < 4.78 is 5.53. The molecule has 0 bridgehead atoms. The lowest BCUT2D eigenvalue weighted by atomic mass is 10.1. The first-order valence-corrected chi connectivity index (χ1v) is 10.0. The summed E-state index contributed by atoms with van der Waals surface area (Å²) in [5.41, 5.74) is 4.01. The SMILES string of the molecule is CCOc1ccc(C#N)cc1NC(=O)Cc1csc(-c2ccc(CC)cc2)n1. The molecule has 0 aliphatic heterocycles. The van der Waals surface area contributed by atoms with Gasteiger partial charge < -0.3 is 10.1 Å². The molecule has 0 saturated carbocycles. The van der Waals surface area contributed by atoms with Crippen LogP contribution in [0.2, 0.25) is 0 Å². The Labute approximate surface area is 168 Å². The Morgan fingerprint density at radius 2 is 2.00 bits per heavy atom. The number of anilines is 1. The van der Waals surface area contributed by atoms with Crippen molar-refractivity contribution in [2.45, 2.75) is 26.7 Å². The van der Waals surface area contributed by atoms with Crippen molar-refractivity contribution in [3.05, 3.63) is 64.7 Å². The van der Waals surface area contributed by atoms with Crippen LogP contribution in [0.5, 0.6) is 5.75 Å². The second-order valence-electron chi connectivity index (χ2n) is 6.18. The maximum Gasteiger partial charge on any atom is 0.230 e. The van der Waals surface area contributed by atoms with E-state index in [2.05, 4.69) is 47.6 Å². The third-order valence-electron chi connectivity index (χ3n) is 4.19. The molecule has 0 saturated heterocycles. The van der Waals surface area contributed by atoms with Crippen LogP contribution in [0, 0.1) is 11.3 Å². The minimum absolute atomic E-state index is 0.159. The lowest BCUT2D eigenvalue weighted by Gasteiger charge is -2.11. The monoisotopic (exact) mass is 391 g/mol. The number of carbonyl (C=O) groups excluding carboxylic acids is 1. The number of ether oxygens (including phenoxy) is 1. The van der Waals surface area contributed by atoms with Crippen LogP contribution in [-0.4, -0.2) is 17.5 Å². The fourth-order valence-corrected chi connectivity index (χ4v) is 3.57. The van der Waals surface area contributed by atoms with Crippen LogP contribution in [0.25, 0.3) is 10.6 Å². The molecule has 0 aliphatic rings. The second kappa shape index (κ2) is 9.16. The maximum absolute atomic E-state index is 12.5. The zero-order valence-electron chi connectivity index (χ0n) is 15.9. The number of aromatic nitrogens is 1.